The number of nitrogens with one attached hydrogen (secondary N) is 2. The Morgan fingerprint density at radius 1 is 1.36 bits per heavy atom. The molecule has 0 spiro atoms. The van der Waals surface area contributed by atoms with Crippen molar-refractivity contribution in [1.82, 2.24) is 9.55 Å². The molecule has 2 N–H and O–H groups in total. The third kappa shape index (κ3) is 5.20. The number of hydrogen-bond donors (Lipinski definition) is 2. The van der Waals surface area contributed by atoms with Gasteiger partial charge in [0.1, 0.15) is 10.8 Å². The summed E-state index contributed by atoms with van der Waals surface area (Å²) >= 11 is 1.27. The lowest BCUT2D eigenvalue weighted by molar-refractivity contribution is -0.858. The van der Waals surface area contributed by atoms with Crippen molar-refractivity contribution in [2.45, 2.75) is 37.3 Å². The Morgan fingerprint density at radius 2 is 2.18 bits per heavy atom. The van der Waals surface area contributed by atoms with Gasteiger partial charge in [0.25, 0.3) is 0 Å². The smallest absolute Gasteiger partial charge is 0.340 e. The minimum atomic E-state index is -0.399. The molecular weight excluding hydrogens is 379 g/mol. The van der Waals surface area contributed by atoms with E-state index >= 15 is 0 Å². The number of quaternary nitrogens is 1. The number of anilines is 1. The first-order valence-corrected chi connectivity index (χ1v) is 10.5. The zero-order valence-electron chi connectivity index (χ0n) is 16.3. The summed E-state index contributed by atoms with van der Waals surface area (Å²) < 4.78 is 15.0. The summed E-state index contributed by atoms with van der Waals surface area (Å²) in [7, 11) is 4.19. The first kappa shape index (κ1) is 20.5. The van der Waals surface area contributed by atoms with E-state index in [0.29, 0.717) is 17.3 Å². The van der Waals surface area contributed by atoms with Crippen LogP contribution in [0.2, 0.25) is 0 Å². The van der Waals surface area contributed by atoms with Crippen molar-refractivity contribution in [3.05, 3.63) is 51.8 Å². The number of carbonyl (C=O) groups excluding carboxylic acids is 1. The van der Waals surface area contributed by atoms with E-state index in [1.165, 1.54) is 28.8 Å². The number of hydrogen-bond acceptors (Lipinski definition) is 4. The van der Waals surface area contributed by atoms with E-state index in [9.17, 15) is 14.0 Å². The summed E-state index contributed by atoms with van der Waals surface area (Å²) in [6.45, 7) is 1.68. The molecule has 8 heteroatoms. The molecule has 150 valence electrons. The van der Waals surface area contributed by atoms with Crippen LogP contribution in [0.4, 0.5) is 10.1 Å². The van der Waals surface area contributed by atoms with Crippen LogP contribution >= 0.6 is 11.8 Å². The predicted molar refractivity (Wildman–Crippen MR) is 109 cm³/mol. The standard InChI is InChI=1S/C20H25FN4O2S/c1-24(2)10-5-11-25-17-9-4-8-16(17)19(23-20(25)27)28-13-18(26)22-15-7-3-6-14(21)12-15/h3,6-7,12H,4-5,8-11,13H2,1-2H3,(H,22,26)/p+1. The summed E-state index contributed by atoms with van der Waals surface area (Å²) in [6, 6.07) is 5.78. The molecule has 0 aliphatic heterocycles. The van der Waals surface area contributed by atoms with Gasteiger partial charge in [-0.25, -0.2) is 9.18 Å². The lowest BCUT2D eigenvalue weighted by Crippen LogP contribution is -3.05. The topological polar surface area (TPSA) is 68.4 Å². The molecule has 0 atom stereocenters. The Bertz CT molecular complexity index is 914. The maximum Gasteiger partial charge on any atom is 0.348 e. The van der Waals surface area contributed by atoms with Crippen LogP contribution in [0.25, 0.3) is 0 Å². The minimum Gasteiger partial charge on any atom is -0.340 e. The molecular formula is C20H26FN4O2S+. The predicted octanol–water partition coefficient (Wildman–Crippen LogP) is 1.14. The highest BCUT2D eigenvalue weighted by molar-refractivity contribution is 8.00. The number of rotatable bonds is 8. The average molecular weight is 406 g/mol. The second-order valence-electron chi connectivity index (χ2n) is 7.29. The normalized spacial score (nSPS) is 13.0. The van der Waals surface area contributed by atoms with Gasteiger partial charge in [-0.1, -0.05) is 17.8 Å². The summed E-state index contributed by atoms with van der Waals surface area (Å²) in [5.41, 5.74) is 2.35. The number of carbonyl (C=O) groups is 1. The number of amides is 1. The van der Waals surface area contributed by atoms with Crippen LogP contribution in [-0.2, 0) is 24.2 Å². The van der Waals surface area contributed by atoms with Gasteiger partial charge in [0.05, 0.1) is 26.4 Å². The Balaban J connectivity index is 1.67. The van der Waals surface area contributed by atoms with Gasteiger partial charge in [-0.15, -0.1) is 0 Å². The quantitative estimate of drug-likeness (QED) is 0.511. The van der Waals surface area contributed by atoms with Gasteiger partial charge >= 0.3 is 5.69 Å². The highest BCUT2D eigenvalue weighted by Gasteiger charge is 2.22. The molecule has 3 rings (SSSR count). The van der Waals surface area contributed by atoms with Crippen LogP contribution in [-0.4, -0.2) is 41.9 Å². The van der Waals surface area contributed by atoms with Crippen LogP contribution in [0.1, 0.15) is 24.1 Å². The summed E-state index contributed by atoms with van der Waals surface area (Å²) in [4.78, 5) is 30.3. The summed E-state index contributed by atoms with van der Waals surface area (Å²) in [5.74, 6) is -0.518. The van der Waals surface area contributed by atoms with Crippen LogP contribution in [0.15, 0.2) is 34.1 Å². The van der Waals surface area contributed by atoms with Crippen molar-refractivity contribution in [3.63, 3.8) is 0 Å². The van der Waals surface area contributed by atoms with Gasteiger partial charge < -0.3 is 10.2 Å². The number of nitrogens with zero attached hydrogens (tertiary/aromatic N) is 2. The Hall–Kier alpha value is -2.19. The lowest BCUT2D eigenvalue weighted by atomic mass is 10.2. The minimum absolute atomic E-state index is 0.128. The molecule has 1 aliphatic rings. The number of aromatic nitrogens is 2. The van der Waals surface area contributed by atoms with E-state index in [1.807, 2.05) is 4.57 Å². The maximum absolute atomic E-state index is 13.2. The van der Waals surface area contributed by atoms with Gasteiger partial charge in [-0.2, -0.15) is 4.98 Å². The third-order valence-corrected chi connectivity index (χ3v) is 5.73. The number of thioether (sulfide) groups is 1. The molecule has 0 saturated carbocycles. The molecule has 28 heavy (non-hydrogen) atoms. The molecule has 0 unspecified atom stereocenters. The van der Waals surface area contributed by atoms with Crippen LogP contribution in [0, 0.1) is 5.82 Å². The molecule has 6 nitrogen and oxygen atoms in total. The molecule has 1 amide bonds. The first-order chi connectivity index (χ1) is 13.4. The molecule has 0 fully saturated rings. The zero-order valence-corrected chi connectivity index (χ0v) is 17.1. The highest BCUT2D eigenvalue weighted by Crippen LogP contribution is 2.29. The second-order valence-corrected chi connectivity index (χ2v) is 8.25. The molecule has 0 radical (unpaired) electrons. The summed E-state index contributed by atoms with van der Waals surface area (Å²) in [5, 5.41) is 3.33. The lowest BCUT2D eigenvalue weighted by Gasteiger charge is -2.14. The fourth-order valence-electron chi connectivity index (χ4n) is 3.42. The zero-order chi connectivity index (χ0) is 20.1. The van der Waals surface area contributed by atoms with E-state index in [4.69, 9.17) is 0 Å². The molecule has 0 bridgehead atoms. The fourth-order valence-corrected chi connectivity index (χ4v) is 4.30. The van der Waals surface area contributed by atoms with Crippen molar-refractivity contribution in [2.24, 2.45) is 0 Å². The van der Waals surface area contributed by atoms with Crippen LogP contribution in [0.5, 0.6) is 0 Å². The van der Waals surface area contributed by atoms with Crippen molar-refractivity contribution in [3.8, 4) is 0 Å². The number of benzene rings is 1. The van der Waals surface area contributed by atoms with E-state index < -0.39 is 5.82 Å². The SMILES string of the molecule is C[NH+](C)CCCn1c2c(c(SCC(=O)Nc3cccc(F)c3)nc1=O)CCC2. The molecule has 1 heterocycles. The Morgan fingerprint density at radius 3 is 2.93 bits per heavy atom. The Kier molecular flexibility index (Phi) is 6.85. The van der Waals surface area contributed by atoms with Gasteiger partial charge in [0, 0.05) is 29.9 Å². The van der Waals surface area contributed by atoms with Crippen molar-refractivity contribution < 1.29 is 14.1 Å². The number of halogens is 1. The van der Waals surface area contributed by atoms with Gasteiger partial charge in [-0.3, -0.25) is 9.36 Å². The van der Waals surface area contributed by atoms with E-state index in [-0.39, 0.29) is 17.3 Å². The van der Waals surface area contributed by atoms with E-state index in [2.05, 4.69) is 24.4 Å². The highest BCUT2D eigenvalue weighted by atomic mass is 32.2. The average Bonchev–Trinajstić information content (AvgIpc) is 3.11. The maximum atomic E-state index is 13.2. The monoisotopic (exact) mass is 405 g/mol. The Labute approximate surface area is 168 Å². The van der Waals surface area contributed by atoms with Gasteiger partial charge in [0.15, 0.2) is 0 Å². The van der Waals surface area contributed by atoms with Crippen LogP contribution < -0.4 is 15.9 Å². The van der Waals surface area contributed by atoms with Crippen molar-refractivity contribution in [2.75, 3.05) is 31.7 Å². The molecule has 1 aromatic carbocycles. The molecule has 1 aliphatic carbocycles. The van der Waals surface area contributed by atoms with Gasteiger partial charge in [-0.05, 0) is 37.5 Å². The van der Waals surface area contributed by atoms with Crippen LogP contribution in [0.3, 0.4) is 0 Å². The van der Waals surface area contributed by atoms with E-state index in [0.717, 1.165) is 43.5 Å². The second kappa shape index (κ2) is 9.34. The molecule has 1 aromatic heterocycles. The fraction of sp³-hybridized carbons (Fsp3) is 0.450. The first-order valence-electron chi connectivity index (χ1n) is 9.54. The largest absolute Gasteiger partial charge is 0.348 e. The molecule has 0 saturated heterocycles. The third-order valence-electron chi connectivity index (χ3n) is 4.71. The number of fused-ring (bicyclic) bond motifs is 1. The van der Waals surface area contributed by atoms with E-state index in [1.54, 1.807) is 12.1 Å². The van der Waals surface area contributed by atoms with Crippen molar-refractivity contribution in [1.29, 1.82) is 0 Å². The van der Waals surface area contributed by atoms with Crippen molar-refractivity contribution >= 4 is 23.4 Å². The van der Waals surface area contributed by atoms with Gasteiger partial charge in [0.2, 0.25) is 5.91 Å². The molecule has 2 aromatic rings. The summed E-state index contributed by atoms with van der Waals surface area (Å²) in [6.07, 6.45) is 3.70.